The van der Waals surface area contributed by atoms with Crippen LogP contribution in [0.3, 0.4) is 0 Å². The van der Waals surface area contributed by atoms with Crippen LogP contribution >= 0.6 is 7.14 Å². The molecule has 1 aromatic heterocycles. The van der Waals surface area contributed by atoms with E-state index in [9.17, 15) is 0 Å². The largest absolute Gasteiger partial charge is 0.309 e. The average Bonchev–Trinajstić information content (AvgIpc) is 3.81. The number of nitrogens with zero attached hydrogens (tertiary/aromatic N) is 2. The minimum Gasteiger partial charge on any atom is -0.309 e. The summed E-state index contributed by atoms with van der Waals surface area (Å²) >= 11 is 0. The molecule has 9 aromatic carbocycles. The third-order valence-corrected chi connectivity index (χ3v) is 15.9. The summed E-state index contributed by atoms with van der Waals surface area (Å²) in [4.78, 5) is 11.3. The topological polar surface area (TPSA) is 42.9 Å². The maximum atomic E-state index is 15.0. The van der Waals surface area contributed by atoms with Gasteiger partial charge in [-0.1, -0.05) is 224 Å². The second-order valence-corrected chi connectivity index (χ2v) is 18.7. The lowest BCUT2D eigenvalue weighted by molar-refractivity contribution is 0.592. The molecule has 0 radical (unpaired) electrons. The van der Waals surface area contributed by atoms with Gasteiger partial charge in [0.2, 0.25) is 0 Å². The number of aromatic nitrogens is 2. The highest BCUT2D eigenvalue weighted by molar-refractivity contribution is 7.85. The van der Waals surface area contributed by atoms with E-state index < -0.39 is 12.6 Å². The van der Waals surface area contributed by atoms with Crippen molar-refractivity contribution in [2.24, 2.45) is 0 Å². The Morgan fingerprint density at radius 2 is 0.803 bits per heavy atom. The highest BCUT2D eigenvalue weighted by Crippen LogP contribution is 2.63. The molecule has 1 spiro atoms. The van der Waals surface area contributed by atoms with Crippen molar-refractivity contribution in [3.05, 3.63) is 247 Å². The lowest BCUT2D eigenvalue weighted by atomic mass is 9.72. The third kappa shape index (κ3) is 5.21. The highest BCUT2D eigenvalue weighted by atomic mass is 31.2. The van der Waals surface area contributed by atoms with Crippen molar-refractivity contribution in [2.45, 2.75) is 5.41 Å². The fourth-order valence-corrected chi connectivity index (χ4v) is 12.7. The van der Waals surface area contributed by atoms with Gasteiger partial charge < -0.3 is 4.57 Å². The van der Waals surface area contributed by atoms with Crippen molar-refractivity contribution in [3.63, 3.8) is 0 Å². The molecule has 0 fully saturated rings. The van der Waals surface area contributed by atoms with Gasteiger partial charge in [-0.3, -0.25) is 0 Å². The van der Waals surface area contributed by atoms with Crippen molar-refractivity contribution < 1.29 is 4.57 Å². The van der Waals surface area contributed by atoms with Crippen LogP contribution in [0.15, 0.2) is 224 Å². The van der Waals surface area contributed by atoms with Crippen LogP contribution in [0.4, 0.5) is 0 Å². The molecule has 0 unspecified atom stereocenters. The van der Waals surface area contributed by atoms with E-state index in [4.69, 9.17) is 9.97 Å². The molecule has 286 valence electrons. The third-order valence-electron chi connectivity index (χ3n) is 12.8. The Kier molecular flexibility index (Phi) is 8.04. The molecule has 2 aliphatic rings. The molecule has 0 atom stereocenters. The number of hydrogen-bond donors (Lipinski definition) is 0. The zero-order valence-corrected chi connectivity index (χ0v) is 34.0. The Labute approximate surface area is 355 Å². The summed E-state index contributed by atoms with van der Waals surface area (Å²) in [5.74, 6) is 0.685. The molecule has 0 saturated heterocycles. The summed E-state index contributed by atoms with van der Waals surface area (Å²) in [6.07, 6.45) is 0. The minimum absolute atomic E-state index is 0.614. The van der Waals surface area contributed by atoms with Crippen LogP contribution < -0.4 is 15.9 Å². The van der Waals surface area contributed by atoms with E-state index >= 15 is 4.57 Å². The van der Waals surface area contributed by atoms with Crippen LogP contribution in [0.1, 0.15) is 22.4 Å². The monoisotopic (exact) mass is 796 g/mol. The van der Waals surface area contributed by atoms with Crippen LogP contribution in [-0.2, 0) is 9.98 Å². The van der Waals surface area contributed by atoms with E-state index in [1.54, 1.807) is 0 Å². The van der Waals surface area contributed by atoms with Crippen molar-refractivity contribution >= 4 is 33.8 Å². The van der Waals surface area contributed by atoms with Crippen molar-refractivity contribution in [1.29, 1.82) is 0 Å². The van der Waals surface area contributed by atoms with Crippen LogP contribution in [0.2, 0.25) is 0 Å². The molecule has 0 N–H and O–H groups in total. The standard InChI is InChI=1S/C57H37N2OP/c60-61(42-18-3-1-4-19-42,43-20-5-2-6-21-43)44-36-34-39(35-37-44)38-30-32-41(33-31-38)56-58-54(48-26-15-17-40-16-7-8-22-45(40)48)53-49-25-11-14-29-52(49)57(55(53)59-56)50-27-12-9-23-46(50)47-24-10-13-28-51(47)57/h1-37H. The molecule has 4 heteroatoms. The quantitative estimate of drug-likeness (QED) is 0.157. The lowest BCUT2D eigenvalue weighted by Crippen LogP contribution is -2.27. The smallest absolute Gasteiger partial charge is 0.171 e. The zero-order valence-electron chi connectivity index (χ0n) is 33.1. The SMILES string of the molecule is O=P(c1ccccc1)(c1ccccc1)c1ccc(-c2ccc(-c3nc(-c4cccc5ccccc45)c4c(n3)C3(c5ccccc5-c5ccccc53)c3ccccc3-4)cc2)cc1. The van der Waals surface area contributed by atoms with Crippen LogP contribution in [-0.4, -0.2) is 9.97 Å². The van der Waals surface area contributed by atoms with E-state index in [0.717, 1.165) is 60.5 Å². The molecule has 0 saturated carbocycles. The Balaban J connectivity index is 1.03. The summed E-state index contributed by atoms with van der Waals surface area (Å²) in [5, 5.41) is 4.79. The maximum absolute atomic E-state index is 15.0. The van der Waals surface area contributed by atoms with Gasteiger partial charge in [-0.05, 0) is 55.3 Å². The molecular formula is C57H37N2OP. The summed E-state index contributed by atoms with van der Waals surface area (Å²) in [6, 6.07) is 78.1. The van der Waals surface area contributed by atoms with Gasteiger partial charge in [0, 0.05) is 32.6 Å². The first-order valence-corrected chi connectivity index (χ1v) is 22.5. The minimum atomic E-state index is -3.08. The normalized spacial score (nSPS) is 13.1. The molecule has 12 rings (SSSR count). The Morgan fingerprint density at radius 3 is 1.43 bits per heavy atom. The zero-order chi connectivity index (χ0) is 40.5. The van der Waals surface area contributed by atoms with Crippen LogP contribution in [0.25, 0.3) is 66.8 Å². The van der Waals surface area contributed by atoms with Crippen molar-refractivity contribution in [2.75, 3.05) is 0 Å². The predicted octanol–water partition coefficient (Wildman–Crippen LogP) is 12.6. The molecule has 2 aliphatic carbocycles. The van der Waals surface area contributed by atoms with Crippen LogP contribution in [0, 0.1) is 0 Å². The molecular weight excluding hydrogens is 760 g/mol. The summed E-state index contributed by atoms with van der Waals surface area (Å²) in [6.45, 7) is 0. The molecule has 10 aromatic rings. The molecule has 61 heavy (non-hydrogen) atoms. The number of hydrogen-bond acceptors (Lipinski definition) is 3. The Hall–Kier alpha value is -7.45. The highest BCUT2D eigenvalue weighted by Gasteiger charge is 2.54. The van der Waals surface area contributed by atoms with E-state index in [2.05, 4.69) is 152 Å². The molecule has 0 bridgehead atoms. The fraction of sp³-hybridized carbons (Fsp3) is 0.0175. The number of fused-ring (bicyclic) bond motifs is 11. The van der Waals surface area contributed by atoms with E-state index in [1.165, 1.54) is 38.8 Å². The fourth-order valence-electron chi connectivity index (χ4n) is 10.1. The Bertz CT molecular complexity index is 3280. The first-order chi connectivity index (χ1) is 30.1. The van der Waals surface area contributed by atoms with Gasteiger partial charge in [0.1, 0.15) is 0 Å². The average molecular weight is 797 g/mol. The second-order valence-electron chi connectivity index (χ2n) is 15.9. The van der Waals surface area contributed by atoms with Crippen molar-refractivity contribution in [3.8, 4) is 56.0 Å². The van der Waals surface area contributed by atoms with Crippen molar-refractivity contribution in [1.82, 2.24) is 9.97 Å². The van der Waals surface area contributed by atoms with Gasteiger partial charge in [-0.25, -0.2) is 9.97 Å². The summed E-state index contributed by atoms with van der Waals surface area (Å²) < 4.78 is 15.0. The maximum Gasteiger partial charge on any atom is 0.171 e. The lowest BCUT2D eigenvalue weighted by Gasteiger charge is -2.29. The summed E-state index contributed by atoms with van der Waals surface area (Å²) in [5.41, 5.74) is 13.9. The molecule has 0 amide bonds. The number of benzene rings is 9. The Morgan fingerprint density at radius 1 is 0.361 bits per heavy atom. The molecule has 1 heterocycles. The van der Waals surface area contributed by atoms with Gasteiger partial charge in [-0.2, -0.15) is 0 Å². The second kappa shape index (κ2) is 13.8. The molecule has 0 aliphatic heterocycles. The molecule has 3 nitrogen and oxygen atoms in total. The van der Waals surface area contributed by atoms with E-state index in [1.807, 2.05) is 72.8 Å². The van der Waals surface area contributed by atoms with Gasteiger partial charge in [-0.15, -0.1) is 0 Å². The predicted molar refractivity (Wildman–Crippen MR) is 252 cm³/mol. The number of rotatable bonds is 6. The van der Waals surface area contributed by atoms with Gasteiger partial charge >= 0.3 is 0 Å². The van der Waals surface area contributed by atoms with Gasteiger partial charge in [0.25, 0.3) is 0 Å². The van der Waals surface area contributed by atoms with E-state index in [0.29, 0.717) is 5.82 Å². The van der Waals surface area contributed by atoms with Gasteiger partial charge in [0.05, 0.1) is 16.8 Å². The van der Waals surface area contributed by atoms with E-state index in [-0.39, 0.29) is 0 Å². The first kappa shape index (κ1) is 35.5. The van der Waals surface area contributed by atoms with Crippen LogP contribution in [0.5, 0.6) is 0 Å². The first-order valence-electron chi connectivity index (χ1n) is 20.8. The summed E-state index contributed by atoms with van der Waals surface area (Å²) in [7, 11) is -3.08. The van der Waals surface area contributed by atoms with Gasteiger partial charge in [0.15, 0.2) is 13.0 Å².